The zero-order valence-electron chi connectivity index (χ0n) is 15.0. The molecular weight excluding hydrogens is 334 g/mol. The highest BCUT2D eigenvalue weighted by Crippen LogP contribution is 2.19. The van der Waals surface area contributed by atoms with E-state index < -0.39 is 0 Å². The maximum atomic E-state index is 12.7. The molecule has 27 heavy (non-hydrogen) atoms. The van der Waals surface area contributed by atoms with Crippen molar-refractivity contribution < 1.29 is 4.79 Å². The highest BCUT2D eigenvalue weighted by atomic mass is 16.1. The van der Waals surface area contributed by atoms with Gasteiger partial charge in [0.15, 0.2) is 5.69 Å². The van der Waals surface area contributed by atoms with Gasteiger partial charge in [-0.1, -0.05) is 78.9 Å². The number of nitrogens with zero attached hydrogens (tertiary/aromatic N) is 2. The molecule has 0 radical (unpaired) electrons. The summed E-state index contributed by atoms with van der Waals surface area (Å²) in [5.41, 5.74) is 3.81. The van der Waals surface area contributed by atoms with E-state index in [-0.39, 0.29) is 5.91 Å². The van der Waals surface area contributed by atoms with Crippen molar-refractivity contribution in [3.05, 3.63) is 102 Å². The van der Waals surface area contributed by atoms with Crippen LogP contribution in [-0.4, -0.2) is 22.2 Å². The summed E-state index contributed by atoms with van der Waals surface area (Å²) in [5.74, 6) is -0.131. The molecule has 0 atom stereocenters. The molecule has 0 aliphatic heterocycles. The molecule has 0 saturated heterocycles. The molecule has 3 aromatic carbocycles. The molecule has 0 aliphatic rings. The van der Waals surface area contributed by atoms with E-state index in [0.717, 1.165) is 22.9 Å². The molecule has 4 aromatic rings. The van der Waals surface area contributed by atoms with Crippen LogP contribution in [0.1, 0.15) is 21.6 Å². The second kappa shape index (κ2) is 7.87. The van der Waals surface area contributed by atoms with Crippen LogP contribution < -0.4 is 5.32 Å². The number of para-hydroxylation sites is 1. The molecule has 4 heteroatoms. The van der Waals surface area contributed by atoms with Gasteiger partial charge in [0, 0.05) is 11.9 Å². The first-order chi connectivity index (χ1) is 13.3. The maximum Gasteiger partial charge on any atom is 0.272 e. The van der Waals surface area contributed by atoms with E-state index in [9.17, 15) is 4.79 Å². The van der Waals surface area contributed by atoms with E-state index in [1.165, 1.54) is 5.56 Å². The smallest absolute Gasteiger partial charge is 0.272 e. The van der Waals surface area contributed by atoms with Crippen molar-refractivity contribution in [1.29, 1.82) is 0 Å². The van der Waals surface area contributed by atoms with Crippen LogP contribution in [0.3, 0.4) is 0 Å². The van der Waals surface area contributed by atoms with Gasteiger partial charge >= 0.3 is 0 Å². The predicted molar refractivity (Wildman–Crippen MR) is 108 cm³/mol. The molecule has 0 bridgehead atoms. The van der Waals surface area contributed by atoms with Gasteiger partial charge < -0.3 is 5.32 Å². The van der Waals surface area contributed by atoms with E-state index in [1.807, 2.05) is 65.3 Å². The normalized spacial score (nSPS) is 10.8. The fraction of sp³-hybridized carbons (Fsp3) is 0.130. The van der Waals surface area contributed by atoms with Crippen molar-refractivity contribution in [1.82, 2.24) is 15.1 Å². The molecule has 134 valence electrons. The highest BCUT2D eigenvalue weighted by molar-refractivity contribution is 6.04. The molecular formula is C23H21N3O. The fourth-order valence-corrected chi connectivity index (χ4v) is 3.22. The molecule has 1 N–H and O–H groups in total. The fourth-order valence-electron chi connectivity index (χ4n) is 3.22. The monoisotopic (exact) mass is 355 g/mol. The first-order valence-electron chi connectivity index (χ1n) is 9.13. The molecule has 1 amide bonds. The summed E-state index contributed by atoms with van der Waals surface area (Å²) in [6, 6.07) is 28.2. The summed E-state index contributed by atoms with van der Waals surface area (Å²) < 4.78 is 1.90. The molecule has 0 saturated carbocycles. The predicted octanol–water partition coefficient (Wildman–Crippen LogP) is 4.06. The van der Waals surface area contributed by atoms with Gasteiger partial charge in [-0.05, 0) is 23.6 Å². The van der Waals surface area contributed by atoms with Crippen molar-refractivity contribution in [3.63, 3.8) is 0 Å². The van der Waals surface area contributed by atoms with Crippen LogP contribution in [0, 0.1) is 0 Å². The maximum absolute atomic E-state index is 12.7. The van der Waals surface area contributed by atoms with Crippen molar-refractivity contribution in [3.8, 4) is 0 Å². The van der Waals surface area contributed by atoms with Crippen LogP contribution >= 0.6 is 0 Å². The number of carbonyl (C=O) groups is 1. The average Bonchev–Trinajstić information content (AvgIpc) is 3.08. The second-order valence-electron chi connectivity index (χ2n) is 6.50. The Bertz CT molecular complexity index is 1040. The lowest BCUT2D eigenvalue weighted by atomic mass is 10.1. The third kappa shape index (κ3) is 3.90. The van der Waals surface area contributed by atoms with Crippen LogP contribution in [0.2, 0.25) is 0 Å². The summed E-state index contributed by atoms with van der Waals surface area (Å²) in [5, 5.41) is 8.50. The summed E-state index contributed by atoms with van der Waals surface area (Å²) in [6.45, 7) is 1.22. The number of amides is 1. The zero-order chi connectivity index (χ0) is 18.5. The molecule has 4 nitrogen and oxygen atoms in total. The third-order valence-corrected chi connectivity index (χ3v) is 4.59. The standard InChI is InChI=1S/C23H21N3O/c27-23(24-16-15-18-9-3-1-4-10-18)22-20-13-7-8-14-21(20)26(25-22)17-19-11-5-2-6-12-19/h1-14H,15-17H2,(H,24,27). The van der Waals surface area contributed by atoms with Crippen molar-refractivity contribution in [2.45, 2.75) is 13.0 Å². The van der Waals surface area contributed by atoms with Gasteiger partial charge in [-0.15, -0.1) is 0 Å². The molecule has 4 rings (SSSR count). The number of carbonyl (C=O) groups excluding carboxylic acids is 1. The minimum absolute atomic E-state index is 0.131. The zero-order valence-corrected chi connectivity index (χ0v) is 15.0. The molecule has 1 heterocycles. The summed E-state index contributed by atoms with van der Waals surface area (Å²) >= 11 is 0. The Morgan fingerprint density at radius 3 is 2.19 bits per heavy atom. The van der Waals surface area contributed by atoms with Gasteiger partial charge in [-0.2, -0.15) is 5.10 Å². The van der Waals surface area contributed by atoms with Crippen LogP contribution in [0.15, 0.2) is 84.9 Å². The number of benzene rings is 3. The Labute approximate surface area is 158 Å². The minimum Gasteiger partial charge on any atom is -0.350 e. The lowest BCUT2D eigenvalue weighted by Gasteiger charge is -2.04. The van der Waals surface area contributed by atoms with Crippen LogP contribution in [0.4, 0.5) is 0 Å². The van der Waals surface area contributed by atoms with Gasteiger partial charge in [-0.25, -0.2) is 0 Å². The van der Waals surface area contributed by atoms with E-state index in [4.69, 9.17) is 0 Å². The second-order valence-corrected chi connectivity index (χ2v) is 6.50. The van der Waals surface area contributed by atoms with Gasteiger partial charge in [-0.3, -0.25) is 9.48 Å². The van der Waals surface area contributed by atoms with Gasteiger partial charge in [0.25, 0.3) is 5.91 Å². The van der Waals surface area contributed by atoms with E-state index in [1.54, 1.807) is 0 Å². The average molecular weight is 355 g/mol. The first kappa shape index (κ1) is 17.0. The Morgan fingerprint density at radius 1 is 0.815 bits per heavy atom. The van der Waals surface area contributed by atoms with Crippen molar-refractivity contribution in [2.24, 2.45) is 0 Å². The Balaban J connectivity index is 1.53. The molecule has 0 fully saturated rings. The van der Waals surface area contributed by atoms with E-state index in [2.05, 4.69) is 34.7 Å². The third-order valence-electron chi connectivity index (χ3n) is 4.59. The first-order valence-corrected chi connectivity index (χ1v) is 9.13. The number of fused-ring (bicyclic) bond motifs is 1. The van der Waals surface area contributed by atoms with Gasteiger partial charge in [0.1, 0.15) is 0 Å². The van der Waals surface area contributed by atoms with Crippen molar-refractivity contribution >= 4 is 16.8 Å². The molecule has 0 spiro atoms. The lowest BCUT2D eigenvalue weighted by Crippen LogP contribution is -2.26. The molecule has 1 aromatic heterocycles. The Kier molecular flexibility index (Phi) is 4.97. The van der Waals surface area contributed by atoms with Crippen LogP contribution in [0.25, 0.3) is 10.9 Å². The summed E-state index contributed by atoms with van der Waals surface area (Å²) in [6.07, 6.45) is 0.801. The lowest BCUT2D eigenvalue weighted by molar-refractivity contribution is 0.0950. The largest absolute Gasteiger partial charge is 0.350 e. The number of nitrogens with one attached hydrogen (secondary N) is 1. The van der Waals surface area contributed by atoms with Crippen LogP contribution in [-0.2, 0) is 13.0 Å². The Morgan fingerprint density at radius 2 is 1.44 bits per heavy atom. The molecule has 0 unspecified atom stereocenters. The topological polar surface area (TPSA) is 46.9 Å². The summed E-state index contributed by atoms with van der Waals surface area (Å²) in [7, 11) is 0. The number of hydrogen-bond donors (Lipinski definition) is 1. The number of hydrogen-bond acceptors (Lipinski definition) is 2. The van der Waals surface area contributed by atoms with E-state index >= 15 is 0 Å². The number of rotatable bonds is 6. The summed E-state index contributed by atoms with van der Waals surface area (Å²) in [4.78, 5) is 12.7. The van der Waals surface area contributed by atoms with E-state index in [0.29, 0.717) is 18.8 Å². The van der Waals surface area contributed by atoms with Gasteiger partial charge in [0.2, 0.25) is 0 Å². The van der Waals surface area contributed by atoms with Crippen LogP contribution in [0.5, 0.6) is 0 Å². The Hall–Kier alpha value is -3.40. The quantitative estimate of drug-likeness (QED) is 0.567. The number of aromatic nitrogens is 2. The SMILES string of the molecule is O=C(NCCc1ccccc1)c1nn(Cc2ccccc2)c2ccccc12. The molecule has 0 aliphatic carbocycles. The highest BCUT2D eigenvalue weighted by Gasteiger charge is 2.16. The minimum atomic E-state index is -0.131. The van der Waals surface area contributed by atoms with Crippen molar-refractivity contribution in [2.75, 3.05) is 6.54 Å². The van der Waals surface area contributed by atoms with Gasteiger partial charge in [0.05, 0.1) is 12.1 Å².